The summed E-state index contributed by atoms with van der Waals surface area (Å²) in [7, 11) is 0. The van der Waals surface area contributed by atoms with Gasteiger partial charge in [0.25, 0.3) is 17.5 Å². The number of carbonyl (C=O) groups excluding carboxylic acids is 2. The second kappa shape index (κ2) is 6.92. The van der Waals surface area contributed by atoms with E-state index in [9.17, 15) is 19.7 Å². The van der Waals surface area contributed by atoms with Crippen LogP contribution in [0.4, 0.5) is 5.69 Å². The Labute approximate surface area is 162 Å². The van der Waals surface area contributed by atoms with Gasteiger partial charge in [-0.05, 0) is 42.2 Å². The molecule has 2 amide bonds. The Morgan fingerprint density at radius 1 is 1.00 bits per heavy atom. The number of imide groups is 1. The average Bonchev–Trinajstić information content (AvgIpc) is 2.97. The fourth-order valence-corrected chi connectivity index (χ4v) is 3.84. The van der Waals surface area contributed by atoms with Crippen molar-refractivity contribution in [1.82, 2.24) is 9.80 Å². The summed E-state index contributed by atoms with van der Waals surface area (Å²) in [4.78, 5) is 39.6. The fourth-order valence-electron chi connectivity index (χ4n) is 3.84. The minimum Gasteiger partial charge on any atom is -0.362 e. The lowest BCUT2D eigenvalue weighted by Gasteiger charge is -2.31. The lowest BCUT2D eigenvalue weighted by molar-refractivity contribution is -0.384. The number of rotatable bonds is 4. The zero-order chi connectivity index (χ0) is 19.8. The van der Waals surface area contributed by atoms with Crippen LogP contribution in [-0.2, 0) is 22.6 Å². The molecule has 0 bridgehead atoms. The van der Waals surface area contributed by atoms with E-state index in [4.69, 9.17) is 0 Å². The van der Waals surface area contributed by atoms with Crippen LogP contribution >= 0.6 is 0 Å². The van der Waals surface area contributed by atoms with Gasteiger partial charge in [-0.1, -0.05) is 24.3 Å². The molecule has 7 heteroatoms. The summed E-state index contributed by atoms with van der Waals surface area (Å²) in [6.07, 6.45) is 0.792. The molecule has 0 N–H and O–H groups in total. The van der Waals surface area contributed by atoms with E-state index in [2.05, 4.69) is 6.07 Å². The molecule has 0 atom stereocenters. The Morgan fingerprint density at radius 3 is 2.32 bits per heavy atom. The van der Waals surface area contributed by atoms with Gasteiger partial charge in [0.2, 0.25) is 0 Å². The Kier molecular flexibility index (Phi) is 4.43. The standard InChI is InChI=1S/C21H19N3O4/c1-2-23-20(25)18(15-7-9-17(10-8-15)24(27)28)19(21(23)26)22-12-11-14-5-3-4-6-16(14)13-22/h3-10H,2,11-13H2,1H3. The molecule has 7 nitrogen and oxygen atoms in total. The molecule has 0 unspecified atom stereocenters. The molecule has 0 radical (unpaired) electrons. The first kappa shape index (κ1) is 17.9. The second-order valence-electron chi connectivity index (χ2n) is 6.82. The van der Waals surface area contributed by atoms with Crippen molar-refractivity contribution in [3.63, 3.8) is 0 Å². The van der Waals surface area contributed by atoms with E-state index >= 15 is 0 Å². The third-order valence-electron chi connectivity index (χ3n) is 5.27. The molecule has 0 aliphatic carbocycles. The van der Waals surface area contributed by atoms with Gasteiger partial charge in [0, 0.05) is 31.8 Å². The summed E-state index contributed by atoms with van der Waals surface area (Å²) < 4.78 is 0. The topological polar surface area (TPSA) is 83.8 Å². The average molecular weight is 377 g/mol. The number of non-ortho nitro benzene ring substituents is 1. The number of hydrogen-bond donors (Lipinski definition) is 0. The predicted octanol–water partition coefficient (Wildman–Crippen LogP) is 2.75. The number of nitro groups is 1. The molecule has 28 heavy (non-hydrogen) atoms. The maximum absolute atomic E-state index is 13.0. The van der Waals surface area contributed by atoms with Crippen LogP contribution in [0.25, 0.3) is 5.57 Å². The molecular weight excluding hydrogens is 358 g/mol. The first-order valence-electron chi connectivity index (χ1n) is 9.18. The molecule has 2 aromatic carbocycles. The number of nitro benzene ring substituents is 1. The van der Waals surface area contributed by atoms with Gasteiger partial charge >= 0.3 is 0 Å². The largest absolute Gasteiger partial charge is 0.362 e. The number of carbonyl (C=O) groups is 2. The highest BCUT2D eigenvalue weighted by Crippen LogP contribution is 2.34. The van der Waals surface area contributed by atoms with Gasteiger partial charge in [0.15, 0.2) is 0 Å². The van der Waals surface area contributed by atoms with E-state index in [0.29, 0.717) is 29.9 Å². The van der Waals surface area contributed by atoms with Crippen molar-refractivity contribution in [3.05, 3.63) is 81.0 Å². The van der Waals surface area contributed by atoms with Gasteiger partial charge < -0.3 is 4.90 Å². The van der Waals surface area contributed by atoms with Crippen molar-refractivity contribution in [1.29, 1.82) is 0 Å². The van der Waals surface area contributed by atoms with Crippen LogP contribution in [0.1, 0.15) is 23.6 Å². The van der Waals surface area contributed by atoms with Crippen molar-refractivity contribution >= 4 is 23.1 Å². The van der Waals surface area contributed by atoms with Crippen molar-refractivity contribution in [2.24, 2.45) is 0 Å². The zero-order valence-electron chi connectivity index (χ0n) is 15.4. The smallest absolute Gasteiger partial charge is 0.277 e. The Bertz CT molecular complexity index is 1010. The normalized spacial score (nSPS) is 16.6. The summed E-state index contributed by atoms with van der Waals surface area (Å²) in [6, 6.07) is 13.9. The summed E-state index contributed by atoms with van der Waals surface area (Å²) in [5.74, 6) is -0.657. The van der Waals surface area contributed by atoms with E-state index in [-0.39, 0.29) is 24.0 Å². The van der Waals surface area contributed by atoms with Crippen molar-refractivity contribution in [2.45, 2.75) is 19.9 Å². The van der Waals surface area contributed by atoms with Crippen LogP contribution < -0.4 is 0 Å². The van der Waals surface area contributed by atoms with Crippen LogP contribution in [0.5, 0.6) is 0 Å². The minimum atomic E-state index is -0.486. The molecule has 0 fully saturated rings. The van der Waals surface area contributed by atoms with Crippen LogP contribution in [0.2, 0.25) is 0 Å². The van der Waals surface area contributed by atoms with E-state index in [0.717, 1.165) is 12.0 Å². The van der Waals surface area contributed by atoms with Crippen molar-refractivity contribution in [2.75, 3.05) is 13.1 Å². The summed E-state index contributed by atoms with van der Waals surface area (Å²) in [5, 5.41) is 10.9. The lowest BCUT2D eigenvalue weighted by Crippen LogP contribution is -2.37. The Hall–Kier alpha value is -3.48. The maximum atomic E-state index is 13.0. The van der Waals surface area contributed by atoms with Crippen molar-refractivity contribution < 1.29 is 14.5 Å². The molecule has 0 saturated heterocycles. The Balaban J connectivity index is 1.79. The third kappa shape index (κ3) is 2.85. The molecule has 0 saturated carbocycles. The van der Waals surface area contributed by atoms with Crippen LogP contribution in [0.15, 0.2) is 54.2 Å². The van der Waals surface area contributed by atoms with Crippen molar-refractivity contribution in [3.8, 4) is 0 Å². The van der Waals surface area contributed by atoms with Crippen LogP contribution in [-0.4, -0.2) is 39.6 Å². The van der Waals surface area contributed by atoms with Gasteiger partial charge in [-0.15, -0.1) is 0 Å². The van der Waals surface area contributed by atoms with Gasteiger partial charge in [0.05, 0.1) is 10.5 Å². The summed E-state index contributed by atoms with van der Waals surface area (Å²) >= 11 is 0. The minimum absolute atomic E-state index is 0.0538. The highest BCUT2D eigenvalue weighted by Gasteiger charge is 2.41. The quantitative estimate of drug-likeness (QED) is 0.465. The number of hydrogen-bond acceptors (Lipinski definition) is 5. The van der Waals surface area contributed by atoms with Gasteiger partial charge in [-0.25, -0.2) is 0 Å². The molecule has 0 aromatic heterocycles. The van der Waals surface area contributed by atoms with Gasteiger partial charge in [-0.3, -0.25) is 24.6 Å². The van der Waals surface area contributed by atoms with Crippen LogP contribution in [0.3, 0.4) is 0 Å². The molecular formula is C21H19N3O4. The van der Waals surface area contributed by atoms with E-state index in [1.54, 1.807) is 6.92 Å². The van der Waals surface area contributed by atoms with Crippen LogP contribution in [0, 0.1) is 10.1 Å². The molecule has 4 rings (SSSR count). The number of nitrogens with zero attached hydrogens (tertiary/aromatic N) is 3. The summed E-state index contributed by atoms with van der Waals surface area (Å²) in [6.45, 7) is 3.23. The number of likely N-dealkylation sites (N-methyl/N-ethyl adjacent to an activating group) is 1. The Morgan fingerprint density at radius 2 is 1.68 bits per heavy atom. The first-order chi connectivity index (χ1) is 13.5. The SMILES string of the molecule is CCN1C(=O)C(c2ccc([N+](=O)[O-])cc2)=C(N2CCc3ccccc3C2)C1=O. The molecule has 142 valence electrons. The molecule has 2 heterocycles. The predicted molar refractivity (Wildman–Crippen MR) is 103 cm³/mol. The molecule has 0 spiro atoms. The number of benzene rings is 2. The summed E-state index contributed by atoms with van der Waals surface area (Å²) in [5.41, 5.74) is 3.56. The van der Waals surface area contributed by atoms with Gasteiger partial charge in [0.1, 0.15) is 5.70 Å². The number of amides is 2. The zero-order valence-corrected chi connectivity index (χ0v) is 15.4. The maximum Gasteiger partial charge on any atom is 0.277 e. The van der Waals surface area contributed by atoms with E-state index < -0.39 is 4.92 Å². The lowest BCUT2D eigenvalue weighted by atomic mass is 9.98. The highest BCUT2D eigenvalue weighted by molar-refractivity contribution is 6.35. The monoisotopic (exact) mass is 377 g/mol. The second-order valence-corrected chi connectivity index (χ2v) is 6.82. The van der Waals surface area contributed by atoms with E-state index in [1.807, 2.05) is 23.1 Å². The first-order valence-corrected chi connectivity index (χ1v) is 9.18. The van der Waals surface area contributed by atoms with Gasteiger partial charge in [-0.2, -0.15) is 0 Å². The molecule has 2 aliphatic rings. The molecule has 2 aliphatic heterocycles. The third-order valence-corrected chi connectivity index (χ3v) is 5.27. The number of fused-ring (bicyclic) bond motifs is 1. The highest BCUT2D eigenvalue weighted by atomic mass is 16.6. The molecule has 2 aromatic rings. The fraction of sp³-hybridized carbons (Fsp3) is 0.238. The van der Waals surface area contributed by atoms with E-state index in [1.165, 1.54) is 34.7 Å².